The summed E-state index contributed by atoms with van der Waals surface area (Å²) in [7, 11) is 0. The van der Waals surface area contributed by atoms with Gasteiger partial charge in [0.25, 0.3) is 5.56 Å². The highest BCUT2D eigenvalue weighted by atomic mass is 16.3. The molecule has 1 aromatic rings. The van der Waals surface area contributed by atoms with Crippen LogP contribution in [0.3, 0.4) is 0 Å². The molecule has 1 amide bonds. The second kappa shape index (κ2) is 5.40. The van der Waals surface area contributed by atoms with Gasteiger partial charge in [0.1, 0.15) is 0 Å². The van der Waals surface area contributed by atoms with E-state index in [0.29, 0.717) is 25.8 Å². The van der Waals surface area contributed by atoms with Crippen LogP contribution in [0, 0.1) is 0 Å². The topological polar surface area (TPSA) is 62.5 Å². The first-order valence-electron chi connectivity index (χ1n) is 7.30. The smallest absolute Gasteiger partial charge is 0.250 e. The predicted molar refractivity (Wildman–Crippen MR) is 74.2 cm³/mol. The first kappa shape index (κ1) is 13.4. The number of aliphatic hydroxyl groups excluding tert-OH is 1. The third-order valence-corrected chi connectivity index (χ3v) is 4.46. The minimum Gasteiger partial charge on any atom is -0.393 e. The summed E-state index contributed by atoms with van der Waals surface area (Å²) in [5.41, 5.74) is -0.0719. The third kappa shape index (κ3) is 2.50. The summed E-state index contributed by atoms with van der Waals surface area (Å²) in [6.07, 6.45) is 5.21. The molecular formula is C15H20N2O3. The van der Waals surface area contributed by atoms with Gasteiger partial charge >= 0.3 is 0 Å². The van der Waals surface area contributed by atoms with Crippen molar-refractivity contribution >= 4 is 5.91 Å². The molecule has 2 atom stereocenters. The lowest BCUT2D eigenvalue weighted by Crippen LogP contribution is -2.48. The van der Waals surface area contributed by atoms with Crippen molar-refractivity contribution in [1.29, 1.82) is 0 Å². The number of amides is 1. The second-order valence-corrected chi connectivity index (χ2v) is 5.79. The number of aliphatic hydroxyl groups is 1. The molecule has 108 valence electrons. The Kier molecular flexibility index (Phi) is 3.61. The van der Waals surface area contributed by atoms with Crippen molar-refractivity contribution in [2.24, 2.45) is 0 Å². The van der Waals surface area contributed by atoms with E-state index in [1.165, 1.54) is 6.07 Å². The number of aromatic nitrogens is 1. The summed E-state index contributed by atoms with van der Waals surface area (Å²) in [6, 6.07) is 5.40. The molecule has 1 aromatic heterocycles. The van der Waals surface area contributed by atoms with Crippen LogP contribution in [-0.4, -0.2) is 38.7 Å². The number of aryl methyl sites for hydroxylation is 1. The number of pyridine rings is 1. The van der Waals surface area contributed by atoms with Crippen molar-refractivity contribution in [3.05, 3.63) is 34.7 Å². The quantitative estimate of drug-likeness (QED) is 0.886. The molecule has 0 aliphatic carbocycles. The van der Waals surface area contributed by atoms with Crippen LogP contribution < -0.4 is 5.56 Å². The van der Waals surface area contributed by atoms with Crippen LogP contribution in [0.15, 0.2) is 29.2 Å². The van der Waals surface area contributed by atoms with Gasteiger partial charge in [0, 0.05) is 37.3 Å². The molecule has 0 spiro atoms. The van der Waals surface area contributed by atoms with Crippen LogP contribution >= 0.6 is 0 Å². The molecule has 3 rings (SSSR count). The van der Waals surface area contributed by atoms with E-state index < -0.39 is 0 Å². The molecule has 3 heterocycles. The van der Waals surface area contributed by atoms with Gasteiger partial charge in [-0.25, -0.2) is 0 Å². The van der Waals surface area contributed by atoms with E-state index in [1.807, 2.05) is 4.90 Å². The summed E-state index contributed by atoms with van der Waals surface area (Å²) in [5.74, 6) is 0.111. The van der Waals surface area contributed by atoms with Gasteiger partial charge in [-0.1, -0.05) is 6.07 Å². The Morgan fingerprint density at radius 2 is 1.95 bits per heavy atom. The van der Waals surface area contributed by atoms with E-state index >= 15 is 0 Å². The maximum atomic E-state index is 12.4. The Morgan fingerprint density at radius 3 is 2.60 bits per heavy atom. The zero-order valence-electron chi connectivity index (χ0n) is 11.4. The molecule has 1 N–H and O–H groups in total. The zero-order chi connectivity index (χ0) is 14.1. The number of carbonyl (C=O) groups excluding carboxylic acids is 1. The summed E-state index contributed by atoms with van der Waals surface area (Å²) < 4.78 is 1.57. The van der Waals surface area contributed by atoms with Gasteiger partial charge in [-0.3, -0.25) is 9.59 Å². The maximum Gasteiger partial charge on any atom is 0.250 e. The Balaban J connectivity index is 1.63. The van der Waals surface area contributed by atoms with Gasteiger partial charge in [0.15, 0.2) is 0 Å². The van der Waals surface area contributed by atoms with Crippen LogP contribution in [0.25, 0.3) is 0 Å². The minimum absolute atomic E-state index is 0.0719. The minimum atomic E-state index is -0.256. The highest BCUT2D eigenvalue weighted by Gasteiger charge is 2.42. The average Bonchev–Trinajstić information content (AvgIpc) is 2.70. The summed E-state index contributed by atoms with van der Waals surface area (Å²) in [5, 5.41) is 9.75. The Bertz CT molecular complexity index is 540. The van der Waals surface area contributed by atoms with Gasteiger partial charge in [-0.15, -0.1) is 0 Å². The van der Waals surface area contributed by atoms with E-state index in [1.54, 1.807) is 22.9 Å². The largest absolute Gasteiger partial charge is 0.393 e. The van der Waals surface area contributed by atoms with Crippen LogP contribution in [-0.2, 0) is 11.3 Å². The number of hydrogen-bond acceptors (Lipinski definition) is 3. The fourth-order valence-corrected chi connectivity index (χ4v) is 3.55. The van der Waals surface area contributed by atoms with Gasteiger partial charge < -0.3 is 14.6 Å². The normalized spacial score (nSPS) is 28.6. The average molecular weight is 276 g/mol. The first-order chi connectivity index (χ1) is 9.65. The van der Waals surface area contributed by atoms with E-state index in [2.05, 4.69) is 0 Å². The van der Waals surface area contributed by atoms with E-state index in [-0.39, 0.29) is 29.7 Å². The van der Waals surface area contributed by atoms with Crippen LogP contribution in [0.1, 0.15) is 32.1 Å². The standard InChI is InChI=1S/C15H20N2O3/c18-13-9-11-4-5-12(10-13)17(11)15(20)6-8-16-7-2-1-3-14(16)19/h1-3,7,11-13,18H,4-6,8-10H2. The van der Waals surface area contributed by atoms with Crippen LogP contribution in [0.4, 0.5) is 0 Å². The first-order valence-corrected chi connectivity index (χ1v) is 7.30. The Morgan fingerprint density at radius 1 is 1.25 bits per heavy atom. The fourth-order valence-electron chi connectivity index (χ4n) is 3.55. The van der Waals surface area contributed by atoms with Crippen molar-refractivity contribution in [3.63, 3.8) is 0 Å². The lowest BCUT2D eigenvalue weighted by molar-refractivity contribution is -0.137. The number of piperidine rings is 1. The highest BCUT2D eigenvalue weighted by Crippen LogP contribution is 2.36. The molecule has 2 fully saturated rings. The lowest BCUT2D eigenvalue weighted by atomic mass is 9.99. The Labute approximate surface area is 117 Å². The summed E-state index contributed by atoms with van der Waals surface area (Å²) in [4.78, 5) is 25.9. The fraction of sp³-hybridized carbons (Fsp3) is 0.600. The Hall–Kier alpha value is -1.62. The number of fused-ring (bicyclic) bond motifs is 2. The number of nitrogens with zero attached hydrogens (tertiary/aromatic N) is 2. The lowest BCUT2D eigenvalue weighted by Gasteiger charge is -2.37. The van der Waals surface area contributed by atoms with Crippen molar-refractivity contribution < 1.29 is 9.90 Å². The SMILES string of the molecule is O=C(CCn1ccccc1=O)N1C2CCC1CC(O)C2. The number of carbonyl (C=O) groups is 1. The molecule has 2 saturated heterocycles. The van der Waals surface area contributed by atoms with E-state index in [0.717, 1.165) is 12.8 Å². The number of hydrogen-bond donors (Lipinski definition) is 1. The van der Waals surface area contributed by atoms with E-state index in [9.17, 15) is 14.7 Å². The molecule has 0 aromatic carbocycles. The molecule has 5 nitrogen and oxygen atoms in total. The molecule has 5 heteroatoms. The van der Waals surface area contributed by atoms with Crippen molar-refractivity contribution in [1.82, 2.24) is 9.47 Å². The molecule has 0 radical (unpaired) electrons. The monoisotopic (exact) mass is 276 g/mol. The molecule has 20 heavy (non-hydrogen) atoms. The van der Waals surface area contributed by atoms with Gasteiger partial charge in [-0.05, 0) is 31.7 Å². The van der Waals surface area contributed by atoms with Crippen LogP contribution in [0.5, 0.6) is 0 Å². The van der Waals surface area contributed by atoms with E-state index in [4.69, 9.17) is 0 Å². The predicted octanol–water partition coefficient (Wildman–Crippen LogP) is 0.753. The molecule has 0 saturated carbocycles. The molecule has 2 aliphatic rings. The van der Waals surface area contributed by atoms with Crippen molar-refractivity contribution in [2.75, 3.05) is 0 Å². The number of rotatable bonds is 3. The molecule has 2 bridgehead atoms. The van der Waals surface area contributed by atoms with Gasteiger partial charge in [-0.2, -0.15) is 0 Å². The van der Waals surface area contributed by atoms with Crippen molar-refractivity contribution in [2.45, 2.75) is 56.8 Å². The summed E-state index contributed by atoms with van der Waals surface area (Å²) in [6.45, 7) is 0.428. The van der Waals surface area contributed by atoms with Gasteiger partial charge in [0.2, 0.25) is 5.91 Å². The summed E-state index contributed by atoms with van der Waals surface area (Å²) >= 11 is 0. The third-order valence-electron chi connectivity index (χ3n) is 4.46. The molecule has 2 aliphatic heterocycles. The second-order valence-electron chi connectivity index (χ2n) is 5.79. The molecule has 2 unspecified atom stereocenters. The van der Waals surface area contributed by atoms with Gasteiger partial charge in [0.05, 0.1) is 6.10 Å². The maximum absolute atomic E-state index is 12.4. The zero-order valence-corrected chi connectivity index (χ0v) is 11.4. The highest BCUT2D eigenvalue weighted by molar-refractivity contribution is 5.77. The van der Waals surface area contributed by atoms with Crippen molar-refractivity contribution in [3.8, 4) is 0 Å². The van der Waals surface area contributed by atoms with Crippen LogP contribution in [0.2, 0.25) is 0 Å². The molecular weight excluding hydrogens is 256 g/mol.